The molecular formula is C76H132O6. The van der Waals surface area contributed by atoms with Crippen LogP contribution in [0.3, 0.4) is 0 Å². The van der Waals surface area contributed by atoms with E-state index in [-0.39, 0.29) is 31.1 Å². The lowest BCUT2D eigenvalue weighted by Gasteiger charge is -2.18. The standard InChI is InChI=1S/C76H132O6/c1-4-7-10-13-16-19-22-24-26-28-30-32-34-35-36-37-38-39-40-41-43-44-46-48-50-52-54-57-60-63-66-69-75(78)81-72-73(71-80-74(77)68-65-62-59-56-21-18-15-12-9-6-3)82-76(79)70-67-64-61-58-55-53-51-49-47-45-42-33-31-29-27-25-23-20-17-14-11-8-5-2/h7,10,12,15-16,19,23-26,29-32,35-36,73H,4-6,8-9,11,13-14,17-18,20-22,27-28,33-34,37-72H2,1-3H3/b10-7-,15-12-,19-16-,25-23-,26-24-,31-29-,32-30-,36-35-. The predicted octanol–water partition coefficient (Wildman–Crippen LogP) is 24.4. The second-order valence-corrected chi connectivity index (χ2v) is 23.4. The number of carbonyl (C=O) groups is 3. The molecule has 0 heterocycles. The maximum atomic E-state index is 12.9. The highest BCUT2D eigenvalue weighted by molar-refractivity contribution is 5.71. The summed E-state index contributed by atoms with van der Waals surface area (Å²) in [6, 6.07) is 0. The van der Waals surface area contributed by atoms with Gasteiger partial charge in [-0.05, 0) is 116 Å². The van der Waals surface area contributed by atoms with E-state index in [1.165, 1.54) is 199 Å². The summed E-state index contributed by atoms with van der Waals surface area (Å²) < 4.78 is 16.9. The molecule has 0 radical (unpaired) electrons. The van der Waals surface area contributed by atoms with Crippen LogP contribution in [0.4, 0.5) is 0 Å². The third-order valence-corrected chi connectivity index (χ3v) is 15.3. The van der Waals surface area contributed by atoms with E-state index < -0.39 is 6.10 Å². The minimum atomic E-state index is -0.782. The van der Waals surface area contributed by atoms with Crippen LogP contribution in [0.15, 0.2) is 97.2 Å². The number of ether oxygens (including phenoxy) is 3. The summed E-state index contributed by atoms with van der Waals surface area (Å²) in [7, 11) is 0. The number of unbranched alkanes of at least 4 members (excludes halogenated alkanes) is 37. The Balaban J connectivity index is 4.16. The summed E-state index contributed by atoms with van der Waals surface area (Å²) in [5.74, 6) is -0.877. The fraction of sp³-hybridized carbons (Fsp3) is 0.750. The van der Waals surface area contributed by atoms with Crippen LogP contribution in [0.25, 0.3) is 0 Å². The molecule has 6 heteroatoms. The Labute approximate surface area is 508 Å². The molecule has 1 unspecified atom stereocenters. The molecule has 0 amide bonds. The van der Waals surface area contributed by atoms with Gasteiger partial charge in [0.1, 0.15) is 13.2 Å². The van der Waals surface area contributed by atoms with Crippen LogP contribution < -0.4 is 0 Å². The van der Waals surface area contributed by atoms with Crippen molar-refractivity contribution in [2.24, 2.45) is 0 Å². The highest BCUT2D eigenvalue weighted by Crippen LogP contribution is 2.17. The fourth-order valence-electron chi connectivity index (χ4n) is 10.0. The Bertz CT molecular complexity index is 1590. The van der Waals surface area contributed by atoms with Crippen LogP contribution in [0.1, 0.15) is 348 Å². The zero-order valence-corrected chi connectivity index (χ0v) is 54.2. The molecule has 6 nitrogen and oxygen atoms in total. The van der Waals surface area contributed by atoms with E-state index in [4.69, 9.17) is 14.2 Å². The summed E-state index contributed by atoms with van der Waals surface area (Å²) in [4.78, 5) is 38.3. The molecule has 0 saturated heterocycles. The summed E-state index contributed by atoms with van der Waals surface area (Å²) in [5, 5.41) is 0. The third-order valence-electron chi connectivity index (χ3n) is 15.3. The molecule has 0 aliphatic rings. The van der Waals surface area contributed by atoms with Gasteiger partial charge in [0.15, 0.2) is 6.10 Å². The van der Waals surface area contributed by atoms with Crippen molar-refractivity contribution < 1.29 is 28.6 Å². The molecule has 0 fully saturated rings. The first-order valence-corrected chi connectivity index (χ1v) is 35.2. The first-order valence-electron chi connectivity index (χ1n) is 35.2. The molecule has 0 rings (SSSR count). The van der Waals surface area contributed by atoms with Crippen molar-refractivity contribution in [1.29, 1.82) is 0 Å². The van der Waals surface area contributed by atoms with Gasteiger partial charge in [-0.25, -0.2) is 0 Å². The second-order valence-electron chi connectivity index (χ2n) is 23.4. The molecule has 0 N–H and O–H groups in total. The largest absolute Gasteiger partial charge is 0.462 e. The molecule has 0 saturated carbocycles. The van der Waals surface area contributed by atoms with Gasteiger partial charge in [-0.2, -0.15) is 0 Å². The number of esters is 3. The third kappa shape index (κ3) is 67.1. The van der Waals surface area contributed by atoms with Gasteiger partial charge in [0.05, 0.1) is 0 Å². The molecule has 0 aromatic heterocycles. The van der Waals surface area contributed by atoms with Crippen LogP contribution in [-0.2, 0) is 28.6 Å². The van der Waals surface area contributed by atoms with Crippen LogP contribution in [0.5, 0.6) is 0 Å². The topological polar surface area (TPSA) is 78.9 Å². The Morgan fingerprint density at radius 3 is 0.805 bits per heavy atom. The second kappa shape index (κ2) is 69.8. The maximum Gasteiger partial charge on any atom is 0.306 e. The van der Waals surface area contributed by atoms with E-state index in [0.29, 0.717) is 19.3 Å². The van der Waals surface area contributed by atoms with E-state index in [1.54, 1.807) is 0 Å². The van der Waals surface area contributed by atoms with Crippen molar-refractivity contribution in [1.82, 2.24) is 0 Å². The maximum absolute atomic E-state index is 12.9. The lowest BCUT2D eigenvalue weighted by Crippen LogP contribution is -2.30. The van der Waals surface area contributed by atoms with Gasteiger partial charge in [-0.3, -0.25) is 14.4 Å². The summed E-state index contributed by atoms with van der Waals surface area (Å²) in [6.07, 6.45) is 94.5. The van der Waals surface area contributed by atoms with Crippen molar-refractivity contribution in [3.8, 4) is 0 Å². The zero-order valence-electron chi connectivity index (χ0n) is 54.2. The van der Waals surface area contributed by atoms with Gasteiger partial charge in [0.25, 0.3) is 0 Å². The van der Waals surface area contributed by atoms with Crippen molar-refractivity contribution in [2.75, 3.05) is 13.2 Å². The fourth-order valence-corrected chi connectivity index (χ4v) is 10.0. The molecule has 0 bridgehead atoms. The van der Waals surface area contributed by atoms with Crippen molar-refractivity contribution in [3.63, 3.8) is 0 Å². The summed E-state index contributed by atoms with van der Waals surface area (Å²) >= 11 is 0. The molecule has 1 atom stereocenters. The highest BCUT2D eigenvalue weighted by atomic mass is 16.6. The van der Waals surface area contributed by atoms with Crippen molar-refractivity contribution >= 4 is 17.9 Å². The van der Waals surface area contributed by atoms with E-state index >= 15 is 0 Å². The lowest BCUT2D eigenvalue weighted by molar-refractivity contribution is -0.167. The van der Waals surface area contributed by atoms with Gasteiger partial charge in [0, 0.05) is 19.3 Å². The summed E-state index contributed by atoms with van der Waals surface area (Å²) in [5.41, 5.74) is 0. The molecule has 0 aliphatic heterocycles. The Morgan fingerprint density at radius 1 is 0.256 bits per heavy atom. The van der Waals surface area contributed by atoms with E-state index in [9.17, 15) is 14.4 Å². The van der Waals surface area contributed by atoms with E-state index in [2.05, 4.69) is 118 Å². The SMILES string of the molecule is CC/C=C\C/C=C\C/C=C\C/C=C\C/C=C\CCCCCCCCCCCCCCCCCC(=O)OCC(COC(=O)CCCCCCC/C=C\CCC)OC(=O)CCCCCCCCCCCCC/C=C\C/C=C\CCCCCCC. The molecule has 0 spiro atoms. The molecule has 0 aromatic rings. The molecule has 82 heavy (non-hydrogen) atoms. The minimum Gasteiger partial charge on any atom is -0.462 e. The summed E-state index contributed by atoms with van der Waals surface area (Å²) in [6.45, 7) is 6.48. The highest BCUT2D eigenvalue weighted by Gasteiger charge is 2.19. The smallest absolute Gasteiger partial charge is 0.306 e. The Morgan fingerprint density at radius 2 is 0.500 bits per heavy atom. The van der Waals surface area contributed by atoms with Gasteiger partial charge in [-0.1, -0.05) is 311 Å². The first kappa shape index (κ1) is 78.3. The van der Waals surface area contributed by atoms with Crippen LogP contribution >= 0.6 is 0 Å². The average Bonchev–Trinajstić information content (AvgIpc) is 3.47. The van der Waals surface area contributed by atoms with Crippen molar-refractivity contribution in [3.05, 3.63) is 97.2 Å². The van der Waals surface area contributed by atoms with Crippen LogP contribution in [0.2, 0.25) is 0 Å². The minimum absolute atomic E-state index is 0.0781. The first-order chi connectivity index (χ1) is 40.5. The van der Waals surface area contributed by atoms with Gasteiger partial charge in [0.2, 0.25) is 0 Å². The predicted molar refractivity (Wildman–Crippen MR) is 357 cm³/mol. The molecule has 0 aromatic carbocycles. The number of carbonyl (C=O) groups excluding carboxylic acids is 3. The quantitative estimate of drug-likeness (QED) is 0.0261. The number of hydrogen-bond donors (Lipinski definition) is 0. The number of allylic oxidation sites excluding steroid dienone is 16. The van der Waals surface area contributed by atoms with Crippen molar-refractivity contribution in [2.45, 2.75) is 354 Å². The number of hydrogen-bond acceptors (Lipinski definition) is 6. The van der Waals surface area contributed by atoms with Crippen LogP contribution in [0, 0.1) is 0 Å². The van der Waals surface area contributed by atoms with E-state index in [0.717, 1.165) is 109 Å². The number of rotatable bonds is 64. The average molecular weight is 1140 g/mol. The molecule has 0 aliphatic carbocycles. The zero-order chi connectivity index (χ0) is 59.2. The normalized spacial score (nSPS) is 12.7. The molecular weight excluding hydrogens is 1010 g/mol. The monoisotopic (exact) mass is 1140 g/mol. The van der Waals surface area contributed by atoms with E-state index in [1.807, 2.05) is 0 Å². The van der Waals surface area contributed by atoms with Gasteiger partial charge < -0.3 is 14.2 Å². The van der Waals surface area contributed by atoms with Crippen LogP contribution in [-0.4, -0.2) is 37.2 Å². The molecule has 472 valence electrons. The van der Waals surface area contributed by atoms with Gasteiger partial charge >= 0.3 is 17.9 Å². The Kier molecular flexibility index (Phi) is 66.7. The Hall–Kier alpha value is -3.67. The lowest BCUT2D eigenvalue weighted by atomic mass is 10.0. The van der Waals surface area contributed by atoms with Gasteiger partial charge in [-0.15, -0.1) is 0 Å².